The van der Waals surface area contributed by atoms with Crippen molar-refractivity contribution in [3.05, 3.63) is 17.7 Å². The molecule has 0 atom stereocenters. The topological polar surface area (TPSA) is 73.3 Å². The highest BCUT2D eigenvalue weighted by molar-refractivity contribution is 14.0. The van der Waals surface area contributed by atoms with Gasteiger partial charge in [-0.2, -0.15) is 8.78 Å². The zero-order valence-electron chi connectivity index (χ0n) is 17.1. The van der Waals surface area contributed by atoms with Gasteiger partial charge in [0, 0.05) is 38.4 Å². The van der Waals surface area contributed by atoms with Crippen LogP contribution in [0.1, 0.15) is 44.1 Å². The molecule has 1 aliphatic heterocycles. The molecule has 30 heavy (non-hydrogen) atoms. The predicted molar refractivity (Wildman–Crippen MR) is 120 cm³/mol. The monoisotopic (exact) mass is 541 g/mol. The molecule has 2 aliphatic rings. The van der Waals surface area contributed by atoms with E-state index in [-0.39, 0.29) is 43.1 Å². The molecule has 10 heteroatoms. The van der Waals surface area contributed by atoms with Gasteiger partial charge in [-0.3, -0.25) is 4.99 Å². The van der Waals surface area contributed by atoms with Gasteiger partial charge in [-0.05, 0) is 25.3 Å². The molecule has 170 valence electrons. The van der Waals surface area contributed by atoms with Gasteiger partial charge in [-0.25, -0.2) is 0 Å². The van der Waals surface area contributed by atoms with Gasteiger partial charge in [0.15, 0.2) is 17.5 Å². The molecule has 1 aromatic carbocycles. The quantitative estimate of drug-likeness (QED) is 0.213. The summed E-state index contributed by atoms with van der Waals surface area (Å²) >= 11 is 0. The Morgan fingerprint density at radius 3 is 2.60 bits per heavy atom. The Balaban J connectivity index is 0.00000320. The maximum absolute atomic E-state index is 12.7. The van der Waals surface area contributed by atoms with Crippen LogP contribution in [-0.4, -0.2) is 45.7 Å². The molecule has 0 spiro atoms. The number of ether oxygens (including phenoxy) is 4. The van der Waals surface area contributed by atoms with Gasteiger partial charge in [0.05, 0.1) is 6.10 Å². The Labute approximate surface area is 192 Å². The summed E-state index contributed by atoms with van der Waals surface area (Å²) in [4.78, 5) is 4.16. The van der Waals surface area contributed by atoms with E-state index in [2.05, 4.69) is 20.4 Å². The molecule has 7 nitrogen and oxygen atoms in total. The number of guanidine groups is 1. The highest BCUT2D eigenvalue weighted by atomic mass is 127. The second-order valence-corrected chi connectivity index (χ2v) is 7.03. The number of rotatable bonds is 9. The van der Waals surface area contributed by atoms with Gasteiger partial charge in [0.1, 0.15) is 5.75 Å². The van der Waals surface area contributed by atoms with Crippen molar-refractivity contribution in [1.29, 1.82) is 0 Å². The lowest BCUT2D eigenvalue weighted by molar-refractivity contribution is -0.0505. The van der Waals surface area contributed by atoms with E-state index in [0.29, 0.717) is 42.3 Å². The summed E-state index contributed by atoms with van der Waals surface area (Å²) in [7, 11) is 1.66. The van der Waals surface area contributed by atoms with Gasteiger partial charge >= 0.3 is 6.61 Å². The first-order valence-electron chi connectivity index (χ1n) is 10.1. The van der Waals surface area contributed by atoms with Gasteiger partial charge in [-0.1, -0.05) is 19.3 Å². The van der Waals surface area contributed by atoms with Gasteiger partial charge < -0.3 is 29.6 Å². The van der Waals surface area contributed by atoms with Crippen molar-refractivity contribution in [3.8, 4) is 17.2 Å². The van der Waals surface area contributed by atoms with E-state index in [4.69, 9.17) is 14.2 Å². The molecule has 1 saturated carbocycles. The Bertz CT molecular complexity index is 688. The van der Waals surface area contributed by atoms with Crippen LogP contribution in [-0.2, 0) is 11.3 Å². The third-order valence-electron chi connectivity index (χ3n) is 4.96. The number of fused-ring (bicyclic) bond motifs is 1. The fourth-order valence-corrected chi connectivity index (χ4v) is 3.47. The molecular formula is C20H30F2IN3O4. The molecule has 0 radical (unpaired) electrons. The number of halogens is 3. The van der Waals surface area contributed by atoms with E-state index in [1.54, 1.807) is 13.1 Å². The maximum atomic E-state index is 12.7. The standard InChI is InChI=1S/C20H29F2N3O4.HI/c1-23-20(24-8-5-9-26-15-6-3-2-4-7-15)25-12-14-10-17-18(28-13-27-17)11-16(14)29-19(21)22;/h10-11,15,19H,2-9,12-13H2,1H3,(H2,23,24,25);1H. The second kappa shape index (κ2) is 13.0. The van der Waals surface area contributed by atoms with Crippen molar-refractivity contribution in [2.24, 2.45) is 4.99 Å². The smallest absolute Gasteiger partial charge is 0.387 e. The number of nitrogens with zero attached hydrogens (tertiary/aromatic N) is 1. The lowest BCUT2D eigenvalue weighted by Gasteiger charge is -2.22. The van der Waals surface area contributed by atoms with Gasteiger partial charge in [0.25, 0.3) is 0 Å². The number of hydrogen-bond donors (Lipinski definition) is 2. The first kappa shape index (κ1) is 24.7. The molecule has 0 amide bonds. The summed E-state index contributed by atoms with van der Waals surface area (Å²) in [5, 5.41) is 6.31. The molecule has 0 unspecified atom stereocenters. The van der Waals surface area contributed by atoms with E-state index < -0.39 is 6.61 Å². The van der Waals surface area contributed by atoms with Crippen LogP contribution in [0.2, 0.25) is 0 Å². The first-order chi connectivity index (χ1) is 14.2. The first-order valence-corrected chi connectivity index (χ1v) is 10.1. The highest BCUT2D eigenvalue weighted by Gasteiger charge is 2.20. The lowest BCUT2D eigenvalue weighted by atomic mass is 9.98. The van der Waals surface area contributed by atoms with Crippen LogP contribution >= 0.6 is 24.0 Å². The van der Waals surface area contributed by atoms with Gasteiger partial charge in [0.2, 0.25) is 6.79 Å². The Morgan fingerprint density at radius 1 is 1.17 bits per heavy atom. The molecule has 0 bridgehead atoms. The summed E-state index contributed by atoms with van der Waals surface area (Å²) in [5.41, 5.74) is 0.526. The Morgan fingerprint density at radius 2 is 1.90 bits per heavy atom. The van der Waals surface area contributed by atoms with Crippen molar-refractivity contribution in [2.75, 3.05) is 27.0 Å². The molecule has 2 N–H and O–H groups in total. The molecule has 0 saturated heterocycles. The average molecular weight is 541 g/mol. The van der Waals surface area contributed by atoms with Gasteiger partial charge in [-0.15, -0.1) is 24.0 Å². The molecule has 1 fully saturated rings. The summed E-state index contributed by atoms with van der Waals surface area (Å²) in [5.74, 6) is 1.52. The van der Waals surface area contributed by atoms with E-state index >= 15 is 0 Å². The fraction of sp³-hybridized carbons (Fsp3) is 0.650. The summed E-state index contributed by atoms with van der Waals surface area (Å²) in [6.07, 6.45) is 7.43. The minimum atomic E-state index is -2.92. The van der Waals surface area contributed by atoms with E-state index in [1.807, 2.05) is 0 Å². The van der Waals surface area contributed by atoms with Crippen LogP contribution in [0.3, 0.4) is 0 Å². The Kier molecular flexibility index (Phi) is 10.7. The number of alkyl halides is 2. The molecule has 0 aromatic heterocycles. The number of nitrogens with one attached hydrogen (secondary N) is 2. The van der Waals surface area contributed by atoms with Crippen molar-refractivity contribution < 1.29 is 27.7 Å². The van der Waals surface area contributed by atoms with Crippen molar-refractivity contribution in [3.63, 3.8) is 0 Å². The summed E-state index contributed by atoms with van der Waals surface area (Å²) < 4.78 is 46.5. The lowest BCUT2D eigenvalue weighted by Crippen LogP contribution is -2.37. The maximum Gasteiger partial charge on any atom is 0.387 e. The van der Waals surface area contributed by atoms with Crippen LogP contribution < -0.4 is 24.8 Å². The van der Waals surface area contributed by atoms with Crippen LogP contribution in [0.4, 0.5) is 8.78 Å². The minimum absolute atomic E-state index is 0. The van der Waals surface area contributed by atoms with Crippen LogP contribution in [0, 0.1) is 0 Å². The summed E-state index contributed by atoms with van der Waals surface area (Å²) in [6.45, 7) is -1.20. The molecule has 1 aromatic rings. The summed E-state index contributed by atoms with van der Waals surface area (Å²) in [6, 6.07) is 3.06. The zero-order chi connectivity index (χ0) is 20.5. The largest absolute Gasteiger partial charge is 0.454 e. The SMILES string of the molecule is CN=C(NCCCOC1CCCCC1)NCc1cc2c(cc1OC(F)F)OCO2.I. The van der Waals surface area contributed by atoms with Crippen LogP contribution in [0.5, 0.6) is 17.2 Å². The van der Waals surface area contributed by atoms with Crippen molar-refractivity contribution in [2.45, 2.75) is 57.8 Å². The predicted octanol–water partition coefficient (Wildman–Crippen LogP) is 4.04. The van der Waals surface area contributed by atoms with E-state index in [9.17, 15) is 8.78 Å². The van der Waals surface area contributed by atoms with Crippen LogP contribution in [0.25, 0.3) is 0 Å². The Hall–Kier alpha value is -1.56. The average Bonchev–Trinajstić information content (AvgIpc) is 3.17. The molecule has 1 heterocycles. The number of benzene rings is 1. The molecular weight excluding hydrogens is 511 g/mol. The molecule has 1 aliphatic carbocycles. The fourth-order valence-electron chi connectivity index (χ4n) is 3.47. The normalized spacial score (nSPS) is 16.3. The minimum Gasteiger partial charge on any atom is -0.454 e. The van der Waals surface area contributed by atoms with E-state index in [0.717, 1.165) is 19.3 Å². The second-order valence-electron chi connectivity index (χ2n) is 7.03. The van der Waals surface area contributed by atoms with Crippen LogP contribution in [0.15, 0.2) is 17.1 Å². The number of aliphatic imine (C=N–C) groups is 1. The molecule has 3 rings (SSSR count). The number of hydrogen-bond acceptors (Lipinski definition) is 5. The van der Waals surface area contributed by atoms with Crippen molar-refractivity contribution in [1.82, 2.24) is 10.6 Å². The third-order valence-corrected chi connectivity index (χ3v) is 4.96. The zero-order valence-corrected chi connectivity index (χ0v) is 19.5. The third kappa shape index (κ3) is 7.60. The van der Waals surface area contributed by atoms with Crippen molar-refractivity contribution >= 4 is 29.9 Å². The highest BCUT2D eigenvalue weighted by Crippen LogP contribution is 2.38. The van der Waals surface area contributed by atoms with E-state index in [1.165, 1.54) is 25.3 Å².